The Bertz CT molecular complexity index is 2160. The van der Waals surface area contributed by atoms with Crippen molar-refractivity contribution in [1.29, 1.82) is 0 Å². The quantitative estimate of drug-likeness (QED) is 0.0828. The van der Waals surface area contributed by atoms with Crippen LogP contribution in [0.5, 0.6) is 5.75 Å². The van der Waals surface area contributed by atoms with Gasteiger partial charge in [-0.1, -0.05) is 0 Å². The Morgan fingerprint density at radius 3 is 1.80 bits per heavy atom. The number of hydrogen-bond acceptors (Lipinski definition) is 7. The Labute approximate surface area is 300 Å². The van der Waals surface area contributed by atoms with Gasteiger partial charge in [0, 0.05) is 47.0 Å². The molecule has 0 heterocycles. The fourth-order valence-corrected chi connectivity index (χ4v) is 3.60. The molecule has 0 atom stereocenters. The van der Waals surface area contributed by atoms with Crippen LogP contribution in [0.15, 0.2) is 75.9 Å². The van der Waals surface area contributed by atoms with Crippen molar-refractivity contribution in [2.75, 3.05) is 40.4 Å². The van der Waals surface area contributed by atoms with E-state index >= 15 is 0 Å². The maximum atomic E-state index is 12.8. The first-order valence-electron chi connectivity index (χ1n) is 15.2. The number of nitrogens with zero attached hydrogens (tertiary/aromatic N) is 4. The molecule has 51 heavy (non-hydrogen) atoms. The second kappa shape index (κ2) is 24.5. The topological polar surface area (TPSA) is 93.9 Å². The molecular formula is C42H32N5O4+. The predicted octanol–water partition coefficient (Wildman–Crippen LogP) is 4.81. The van der Waals surface area contributed by atoms with E-state index in [4.69, 9.17) is 20.6 Å². The summed E-state index contributed by atoms with van der Waals surface area (Å²) in [5.74, 6) is 41.1. The minimum Gasteiger partial charge on any atom is -0.499 e. The maximum absolute atomic E-state index is 12.8. The van der Waals surface area contributed by atoms with E-state index < -0.39 is 0 Å². The van der Waals surface area contributed by atoms with Crippen LogP contribution >= 0.6 is 0 Å². The first-order valence-corrected chi connectivity index (χ1v) is 15.2. The first kappa shape index (κ1) is 39.5. The van der Waals surface area contributed by atoms with Gasteiger partial charge in [-0.05, 0) is 110 Å². The van der Waals surface area contributed by atoms with Crippen LogP contribution in [0.4, 0.5) is 11.4 Å². The van der Waals surface area contributed by atoms with Gasteiger partial charge in [-0.15, -0.1) is 16.7 Å². The van der Waals surface area contributed by atoms with Gasteiger partial charge >= 0.3 is 0 Å². The molecule has 1 N–H and O–H groups in total. The molecule has 0 bridgehead atoms. The van der Waals surface area contributed by atoms with Crippen molar-refractivity contribution in [3.63, 3.8) is 0 Å². The molecule has 0 aliphatic rings. The van der Waals surface area contributed by atoms with E-state index in [1.54, 1.807) is 55.6 Å². The molecule has 0 saturated heterocycles. The molecule has 1 amide bonds. The van der Waals surface area contributed by atoms with Gasteiger partial charge in [0.1, 0.15) is 18.6 Å². The zero-order valence-electron chi connectivity index (χ0n) is 28.6. The number of nitrogens with one attached hydrogen (secondary N) is 1. The van der Waals surface area contributed by atoms with Crippen LogP contribution in [0.3, 0.4) is 0 Å². The summed E-state index contributed by atoms with van der Waals surface area (Å²) in [6, 6.07) is 17.0. The van der Waals surface area contributed by atoms with Gasteiger partial charge < -0.3 is 19.5 Å². The minimum atomic E-state index is -0.211. The average Bonchev–Trinajstić information content (AvgIpc) is 3.16. The molecule has 2 aromatic carbocycles. The third-order valence-electron chi connectivity index (χ3n) is 6.34. The second-order valence-electron chi connectivity index (χ2n) is 9.38. The maximum Gasteiger partial charge on any atom is 0.274 e. The van der Waals surface area contributed by atoms with Crippen molar-refractivity contribution in [2.24, 2.45) is 15.2 Å². The number of likely N-dealkylation sites (N-methyl/N-ethyl adjacent to an activating group) is 1. The van der Waals surface area contributed by atoms with Crippen LogP contribution in [0.1, 0.15) is 24.2 Å². The van der Waals surface area contributed by atoms with E-state index in [2.05, 4.69) is 121 Å². The lowest BCUT2D eigenvalue weighted by molar-refractivity contribution is -0.859. The van der Waals surface area contributed by atoms with E-state index in [9.17, 15) is 4.79 Å². The van der Waals surface area contributed by atoms with Crippen molar-refractivity contribution in [3.8, 4) is 113 Å². The van der Waals surface area contributed by atoms with Crippen LogP contribution in [0.2, 0.25) is 0 Å². The number of aliphatic imine (C=N–C) groups is 1. The highest BCUT2D eigenvalue weighted by atomic mass is 16.5. The van der Waals surface area contributed by atoms with E-state index in [0.717, 1.165) is 13.1 Å². The molecular weight excluding hydrogens is 638 g/mol. The van der Waals surface area contributed by atoms with Crippen molar-refractivity contribution >= 4 is 23.7 Å². The first-order chi connectivity index (χ1) is 25.0. The third kappa shape index (κ3) is 16.6. The Morgan fingerprint density at radius 2 is 1.29 bits per heavy atom. The largest absolute Gasteiger partial charge is 0.499 e. The fourth-order valence-electron chi connectivity index (χ4n) is 3.60. The fraction of sp³-hybridized carbons (Fsp3) is 0.190. The number of azo groups is 1. The van der Waals surface area contributed by atoms with Gasteiger partial charge in [-0.2, -0.15) is 0 Å². The number of hydrogen-bond donors (Lipinski definition) is 1. The molecule has 0 aliphatic heterocycles. The van der Waals surface area contributed by atoms with Gasteiger partial charge in [0.25, 0.3) is 11.8 Å². The monoisotopic (exact) mass is 670 g/mol. The Morgan fingerprint density at radius 1 is 0.765 bits per heavy atom. The highest BCUT2D eigenvalue weighted by Gasteiger charge is 2.21. The molecule has 0 unspecified atom stereocenters. The number of carbonyl (C=O) groups is 1. The standard InChI is InChI=1S/C42H31N5O4/c1-6-9-10-11-12-13-14-15-16-17-18-19-20-21-22-23-33-47(7-2,8-3)34-32-43-42(48)37-24-26-38(27-25-37)44-36-51-41(35-49-4)46-45-39-28-30-40(50-5)31-29-39/h1,24-31,35-36H,7-8,32,34H2,2-5H3/p+1/b41-35-,44-36?,46-45?. The molecule has 0 aliphatic carbocycles. The van der Waals surface area contributed by atoms with Crippen molar-refractivity contribution in [2.45, 2.75) is 13.8 Å². The SMILES string of the molecule is C#CC#CC#CC#CC#CC#CC#CC#CC#C[N+](CC)(CC)CCNC(=O)c1ccc(N=CO/C(=C\OC)N=Nc2ccc(OC)cc2)cc1. The number of benzene rings is 2. The number of methoxy groups -OCH3 is 2. The highest BCUT2D eigenvalue weighted by Crippen LogP contribution is 2.19. The molecule has 0 spiro atoms. The Balaban J connectivity index is 1.88. The number of quaternary nitrogens is 1. The average molecular weight is 671 g/mol. The molecule has 9 nitrogen and oxygen atoms in total. The molecule has 0 fully saturated rings. The number of terminal acetylenes is 1. The lowest BCUT2D eigenvalue weighted by atomic mass is 10.2. The van der Waals surface area contributed by atoms with Gasteiger partial charge in [-0.25, -0.2) is 9.48 Å². The van der Waals surface area contributed by atoms with Crippen LogP contribution in [-0.4, -0.2) is 57.2 Å². The highest BCUT2D eigenvalue weighted by molar-refractivity contribution is 5.94. The summed E-state index contributed by atoms with van der Waals surface area (Å²) in [5, 5.41) is 11.1. The zero-order chi connectivity index (χ0) is 36.8. The molecule has 2 rings (SSSR count). The summed E-state index contributed by atoms with van der Waals surface area (Å²) < 4.78 is 16.0. The number of ether oxygens (including phenoxy) is 3. The van der Waals surface area contributed by atoms with Crippen LogP contribution in [0.25, 0.3) is 0 Å². The number of amides is 1. The molecule has 2 aromatic rings. The number of carbonyl (C=O) groups excluding carboxylic acids is 1. The third-order valence-corrected chi connectivity index (χ3v) is 6.34. The van der Waals surface area contributed by atoms with E-state index in [1.807, 2.05) is 13.8 Å². The van der Waals surface area contributed by atoms with Crippen molar-refractivity contribution < 1.29 is 23.5 Å². The smallest absolute Gasteiger partial charge is 0.274 e. The molecule has 0 radical (unpaired) electrons. The number of rotatable bonds is 13. The second-order valence-corrected chi connectivity index (χ2v) is 9.38. The lowest BCUT2D eigenvalue weighted by Gasteiger charge is -2.28. The summed E-state index contributed by atoms with van der Waals surface area (Å²) in [7, 11) is 3.05. The van der Waals surface area contributed by atoms with Crippen LogP contribution < -0.4 is 10.1 Å². The van der Waals surface area contributed by atoms with E-state index in [1.165, 1.54) is 19.8 Å². The van der Waals surface area contributed by atoms with Crippen LogP contribution in [0, 0.1) is 107 Å². The Kier molecular flexibility index (Phi) is 19.0. The molecule has 9 heteroatoms. The molecule has 248 valence electrons. The van der Waals surface area contributed by atoms with Crippen LogP contribution in [-0.2, 0) is 9.47 Å². The minimum absolute atomic E-state index is 0.0923. The summed E-state index contributed by atoms with van der Waals surface area (Å²) in [6.45, 7) is 6.57. The summed E-state index contributed by atoms with van der Waals surface area (Å²) in [5.41, 5.74) is 1.66. The normalized spacial score (nSPS) is 9.43. The zero-order valence-corrected chi connectivity index (χ0v) is 28.6. The molecule has 0 aromatic heterocycles. The Hall–Kier alpha value is -7.68. The summed E-state index contributed by atoms with van der Waals surface area (Å²) in [6.07, 6.45) is 7.47. The summed E-state index contributed by atoms with van der Waals surface area (Å²) >= 11 is 0. The van der Waals surface area contributed by atoms with E-state index in [0.29, 0.717) is 40.3 Å². The van der Waals surface area contributed by atoms with Crippen molar-refractivity contribution in [1.82, 2.24) is 5.32 Å². The van der Waals surface area contributed by atoms with Crippen molar-refractivity contribution in [3.05, 3.63) is 66.2 Å². The summed E-state index contributed by atoms with van der Waals surface area (Å²) in [4.78, 5) is 17.0. The predicted molar refractivity (Wildman–Crippen MR) is 198 cm³/mol. The van der Waals surface area contributed by atoms with Gasteiger partial charge in [0.05, 0.1) is 51.1 Å². The lowest BCUT2D eigenvalue weighted by Crippen LogP contribution is -2.48. The van der Waals surface area contributed by atoms with Gasteiger partial charge in [0.15, 0.2) is 12.4 Å². The van der Waals surface area contributed by atoms with Gasteiger partial charge in [0.2, 0.25) is 0 Å². The van der Waals surface area contributed by atoms with E-state index in [-0.39, 0.29) is 11.8 Å². The molecule has 0 saturated carbocycles. The van der Waals surface area contributed by atoms with Gasteiger partial charge in [-0.3, -0.25) is 4.79 Å².